The van der Waals surface area contributed by atoms with Crippen LogP contribution >= 0.6 is 0 Å². The zero-order valence-electron chi connectivity index (χ0n) is 29.6. The summed E-state index contributed by atoms with van der Waals surface area (Å²) >= 11 is 0. The molecule has 1 aromatic carbocycles. The van der Waals surface area contributed by atoms with Gasteiger partial charge in [-0.3, -0.25) is 19.2 Å². The summed E-state index contributed by atoms with van der Waals surface area (Å²) in [6.45, 7) is 18.2. The molecule has 14 nitrogen and oxygen atoms in total. The normalized spacial score (nSPS) is 11.7. The van der Waals surface area contributed by atoms with Gasteiger partial charge in [0, 0.05) is 63.0 Å². The number of benzene rings is 1. The predicted octanol–water partition coefficient (Wildman–Crippen LogP) is 1.30. The summed E-state index contributed by atoms with van der Waals surface area (Å²) in [4.78, 5) is 46.1. The third-order valence-electron chi connectivity index (χ3n) is 6.94. The SMILES string of the molecule is CC(C)(CC(C)(C)C(=O)C(C)(C)NCCOCCOCCNCNCCCNC(=O)c1ccc(NCCN)cc1)C(=O)O.CC(N)=O. The van der Waals surface area contributed by atoms with Crippen LogP contribution in [0, 0.1) is 10.8 Å². The maximum Gasteiger partial charge on any atom is 0.309 e. The van der Waals surface area contributed by atoms with Crippen molar-refractivity contribution in [3.05, 3.63) is 29.8 Å². The second-order valence-corrected chi connectivity index (χ2v) is 13.0. The van der Waals surface area contributed by atoms with Gasteiger partial charge in [0.25, 0.3) is 5.91 Å². The van der Waals surface area contributed by atoms with Gasteiger partial charge in [0.2, 0.25) is 5.91 Å². The van der Waals surface area contributed by atoms with Gasteiger partial charge in [-0.25, -0.2) is 0 Å². The quantitative estimate of drug-likeness (QED) is 0.0547. The summed E-state index contributed by atoms with van der Waals surface area (Å²) in [7, 11) is 0. The first-order valence-electron chi connectivity index (χ1n) is 16.1. The molecule has 1 aromatic rings. The van der Waals surface area contributed by atoms with Gasteiger partial charge in [-0.1, -0.05) is 13.8 Å². The first-order valence-corrected chi connectivity index (χ1v) is 16.1. The van der Waals surface area contributed by atoms with Crippen molar-refractivity contribution in [2.45, 2.75) is 66.8 Å². The van der Waals surface area contributed by atoms with Crippen LogP contribution in [0.4, 0.5) is 5.69 Å². The zero-order chi connectivity index (χ0) is 35.9. The van der Waals surface area contributed by atoms with Gasteiger partial charge in [-0.05, 0) is 71.3 Å². The lowest BCUT2D eigenvalue weighted by molar-refractivity contribution is -0.150. The fraction of sp³-hybridized carbons (Fsp3) is 0.697. The molecule has 0 heterocycles. The molecule has 0 unspecified atom stereocenters. The van der Waals surface area contributed by atoms with Crippen LogP contribution in [-0.4, -0.2) is 107 Å². The van der Waals surface area contributed by atoms with E-state index in [-0.39, 0.29) is 24.0 Å². The first kappa shape index (κ1) is 43.9. The van der Waals surface area contributed by atoms with Crippen LogP contribution in [0.25, 0.3) is 0 Å². The van der Waals surface area contributed by atoms with E-state index in [2.05, 4.69) is 32.3 Å². The third kappa shape index (κ3) is 20.7. The van der Waals surface area contributed by atoms with Crippen LogP contribution in [0.1, 0.15) is 71.7 Å². The van der Waals surface area contributed by atoms with E-state index in [9.17, 15) is 24.3 Å². The Morgan fingerprint density at radius 1 is 0.787 bits per heavy atom. The van der Waals surface area contributed by atoms with E-state index >= 15 is 0 Å². The molecular formula is C33H61N7O7. The molecule has 0 aliphatic rings. The van der Waals surface area contributed by atoms with Crippen molar-refractivity contribution in [3.63, 3.8) is 0 Å². The topological polar surface area (TPSA) is 219 Å². The Labute approximate surface area is 280 Å². The number of amides is 2. The highest BCUT2D eigenvalue weighted by Crippen LogP contribution is 2.37. The lowest BCUT2D eigenvalue weighted by atomic mass is 9.69. The Morgan fingerprint density at radius 3 is 1.89 bits per heavy atom. The van der Waals surface area contributed by atoms with E-state index in [1.165, 1.54) is 6.92 Å². The second kappa shape index (κ2) is 23.2. The number of Topliss-reactive ketones (excluding diaryl/α,β-unsaturated/α-hetero) is 1. The number of carboxylic acids is 1. The summed E-state index contributed by atoms with van der Waals surface area (Å²) in [5.74, 6) is -1.36. The van der Waals surface area contributed by atoms with Crippen molar-refractivity contribution in [1.82, 2.24) is 21.3 Å². The fourth-order valence-electron chi connectivity index (χ4n) is 4.83. The van der Waals surface area contributed by atoms with Gasteiger partial charge < -0.3 is 52.6 Å². The van der Waals surface area contributed by atoms with Crippen molar-refractivity contribution < 1.29 is 33.8 Å². The number of carbonyl (C=O) groups is 4. The number of anilines is 1. The molecule has 0 aromatic heterocycles. The molecule has 0 radical (unpaired) electrons. The molecule has 10 N–H and O–H groups in total. The highest BCUT2D eigenvalue weighted by molar-refractivity contribution is 5.94. The summed E-state index contributed by atoms with van der Waals surface area (Å²) in [5, 5.41) is 25.3. The average Bonchev–Trinajstić information content (AvgIpc) is 2.98. The van der Waals surface area contributed by atoms with E-state index < -0.39 is 22.3 Å². The summed E-state index contributed by atoms with van der Waals surface area (Å²) in [6, 6.07) is 7.34. The largest absolute Gasteiger partial charge is 0.481 e. The molecule has 0 saturated heterocycles. The Hall–Kier alpha value is -3.14. The molecule has 0 aliphatic heterocycles. The molecule has 1 rings (SSSR count). The number of carbonyl (C=O) groups excluding carboxylic acids is 3. The van der Waals surface area contributed by atoms with Crippen LogP contribution in [-0.2, 0) is 23.9 Å². The number of primary amides is 1. The lowest BCUT2D eigenvalue weighted by Gasteiger charge is -2.37. The van der Waals surface area contributed by atoms with E-state index in [1.54, 1.807) is 39.8 Å². The summed E-state index contributed by atoms with van der Waals surface area (Å²) in [5.41, 5.74) is 8.95. The molecule has 270 valence electrons. The Morgan fingerprint density at radius 2 is 1.34 bits per heavy atom. The van der Waals surface area contributed by atoms with E-state index in [4.69, 9.17) is 15.2 Å². The maximum atomic E-state index is 13.1. The molecule has 0 bridgehead atoms. The van der Waals surface area contributed by atoms with Crippen molar-refractivity contribution in [3.8, 4) is 0 Å². The highest BCUT2D eigenvalue weighted by Gasteiger charge is 2.44. The smallest absolute Gasteiger partial charge is 0.309 e. The number of hydrogen-bond donors (Lipinski definition) is 8. The molecule has 14 heteroatoms. The van der Waals surface area contributed by atoms with Crippen molar-refractivity contribution in [2.75, 3.05) is 77.7 Å². The molecule has 0 atom stereocenters. The van der Waals surface area contributed by atoms with Crippen molar-refractivity contribution >= 4 is 29.3 Å². The minimum Gasteiger partial charge on any atom is -0.481 e. The molecule has 0 spiro atoms. The molecular weight excluding hydrogens is 606 g/mol. The van der Waals surface area contributed by atoms with Crippen molar-refractivity contribution in [2.24, 2.45) is 22.3 Å². The lowest BCUT2D eigenvalue weighted by Crippen LogP contribution is -2.54. The van der Waals surface area contributed by atoms with Crippen LogP contribution in [0.5, 0.6) is 0 Å². The standard InChI is InChI=1S/C31H56N6O6.C2H5NO/c1-29(2,22-30(3,4)28(40)41)27(39)31(5,6)37-17-19-43-21-20-42-18-16-34-23-33-13-7-14-36-26(38)24-8-10-25(11-9-24)35-15-12-32;1-2(3)4/h8-11,33-35,37H,7,12-23,32H2,1-6H3,(H,36,38)(H,40,41);1H3,(H2,3,4). The van der Waals surface area contributed by atoms with Crippen LogP contribution < -0.4 is 38.1 Å². The number of rotatable bonds is 25. The van der Waals surface area contributed by atoms with Gasteiger partial charge in [0.05, 0.1) is 37.4 Å². The van der Waals surface area contributed by atoms with Crippen LogP contribution in [0.15, 0.2) is 24.3 Å². The minimum atomic E-state index is -0.984. The number of nitrogens with one attached hydrogen (secondary N) is 5. The van der Waals surface area contributed by atoms with E-state index in [0.29, 0.717) is 71.4 Å². The number of aliphatic carboxylic acids is 1. The minimum absolute atomic E-state index is 0.0271. The first-order chi connectivity index (χ1) is 22.0. The fourth-order valence-corrected chi connectivity index (χ4v) is 4.83. The second-order valence-electron chi connectivity index (χ2n) is 13.0. The van der Waals surface area contributed by atoms with Crippen LogP contribution in [0.2, 0.25) is 0 Å². The Balaban J connectivity index is 0.00000498. The third-order valence-corrected chi connectivity index (χ3v) is 6.94. The summed E-state index contributed by atoms with van der Waals surface area (Å²) < 4.78 is 11.2. The maximum absolute atomic E-state index is 13.1. The van der Waals surface area contributed by atoms with E-state index in [0.717, 1.165) is 18.7 Å². The number of hydrogen-bond acceptors (Lipinski definition) is 11. The monoisotopic (exact) mass is 667 g/mol. The van der Waals surface area contributed by atoms with Gasteiger partial charge >= 0.3 is 5.97 Å². The van der Waals surface area contributed by atoms with Crippen LogP contribution in [0.3, 0.4) is 0 Å². The van der Waals surface area contributed by atoms with Gasteiger partial charge in [-0.2, -0.15) is 0 Å². The molecule has 0 aliphatic carbocycles. The zero-order valence-corrected chi connectivity index (χ0v) is 29.6. The Bertz CT molecular complexity index is 1060. The van der Waals surface area contributed by atoms with Gasteiger partial charge in [0.1, 0.15) is 0 Å². The highest BCUT2D eigenvalue weighted by atomic mass is 16.5. The number of nitrogens with two attached hydrogens (primary N) is 2. The average molecular weight is 668 g/mol. The molecule has 2 amide bonds. The molecule has 47 heavy (non-hydrogen) atoms. The molecule has 0 saturated carbocycles. The number of ketones is 1. The number of ether oxygens (including phenoxy) is 2. The molecule has 0 fully saturated rings. The Kier molecular flexibility index (Phi) is 21.7. The van der Waals surface area contributed by atoms with E-state index in [1.807, 2.05) is 26.0 Å². The van der Waals surface area contributed by atoms with Gasteiger partial charge in [0.15, 0.2) is 5.78 Å². The number of carboxylic acid groups (broad SMARTS) is 1. The summed E-state index contributed by atoms with van der Waals surface area (Å²) in [6.07, 6.45) is 1.07. The predicted molar refractivity (Wildman–Crippen MR) is 185 cm³/mol. The van der Waals surface area contributed by atoms with Crippen molar-refractivity contribution in [1.29, 1.82) is 0 Å². The van der Waals surface area contributed by atoms with Gasteiger partial charge in [-0.15, -0.1) is 0 Å².